The van der Waals surface area contributed by atoms with E-state index >= 15 is 0 Å². The summed E-state index contributed by atoms with van der Waals surface area (Å²) in [4.78, 5) is 25.0. The zero-order chi connectivity index (χ0) is 16.3. The van der Waals surface area contributed by atoms with Gasteiger partial charge < -0.3 is 18.9 Å². The van der Waals surface area contributed by atoms with E-state index < -0.39 is 0 Å². The van der Waals surface area contributed by atoms with Crippen molar-refractivity contribution in [2.75, 3.05) is 27.8 Å². The summed E-state index contributed by atoms with van der Waals surface area (Å²) in [6.07, 6.45) is 0. The Bertz CT molecular complexity index is 598. The SMILES string of the molecule is COCOc1ccc(OCOC)c2c1C(=O)C(Br)=C(Br)C2=O. The molecule has 8 heteroatoms. The molecule has 0 saturated carbocycles. The fraction of sp³-hybridized carbons (Fsp3) is 0.286. The molecule has 0 bridgehead atoms. The summed E-state index contributed by atoms with van der Waals surface area (Å²) in [5, 5.41) is 0. The van der Waals surface area contributed by atoms with Gasteiger partial charge in [0.15, 0.2) is 13.6 Å². The molecule has 0 N–H and O–H groups in total. The number of carbonyl (C=O) groups excluding carboxylic acids is 2. The van der Waals surface area contributed by atoms with Gasteiger partial charge in [0.05, 0.1) is 20.1 Å². The van der Waals surface area contributed by atoms with Crippen molar-refractivity contribution in [1.29, 1.82) is 0 Å². The van der Waals surface area contributed by atoms with Crippen LogP contribution in [0.2, 0.25) is 0 Å². The first kappa shape index (κ1) is 17.1. The van der Waals surface area contributed by atoms with Crippen molar-refractivity contribution in [3.63, 3.8) is 0 Å². The van der Waals surface area contributed by atoms with Crippen molar-refractivity contribution < 1.29 is 28.5 Å². The Hall–Kier alpha value is -1.22. The molecule has 2 rings (SSSR count). The van der Waals surface area contributed by atoms with Gasteiger partial charge in [-0.3, -0.25) is 9.59 Å². The van der Waals surface area contributed by atoms with E-state index in [4.69, 9.17) is 18.9 Å². The summed E-state index contributed by atoms with van der Waals surface area (Å²) in [5.74, 6) is -0.264. The van der Waals surface area contributed by atoms with E-state index in [9.17, 15) is 9.59 Å². The monoisotopic (exact) mass is 434 g/mol. The Balaban J connectivity index is 2.59. The van der Waals surface area contributed by atoms with Crippen LogP contribution in [0.5, 0.6) is 11.5 Å². The quantitative estimate of drug-likeness (QED) is 0.639. The van der Waals surface area contributed by atoms with Gasteiger partial charge in [-0.15, -0.1) is 0 Å². The van der Waals surface area contributed by atoms with Crippen molar-refractivity contribution in [3.05, 3.63) is 32.2 Å². The van der Waals surface area contributed by atoms with Gasteiger partial charge in [-0.25, -0.2) is 0 Å². The maximum absolute atomic E-state index is 12.5. The average molecular weight is 436 g/mol. The minimum Gasteiger partial charge on any atom is -0.467 e. The number of hydrogen-bond acceptors (Lipinski definition) is 6. The summed E-state index contributed by atoms with van der Waals surface area (Å²) in [7, 11) is 2.92. The molecule has 0 saturated heterocycles. The molecule has 0 amide bonds. The molecular weight excluding hydrogens is 424 g/mol. The molecular formula is C14H12Br2O6. The number of carbonyl (C=O) groups is 2. The molecule has 118 valence electrons. The minimum absolute atomic E-state index is 0.0469. The van der Waals surface area contributed by atoms with Gasteiger partial charge in [-0.05, 0) is 44.0 Å². The predicted octanol–water partition coefficient (Wildman–Crippen LogP) is 3.03. The molecule has 1 aromatic rings. The number of Topliss-reactive ketones (excluding diaryl/α,β-unsaturated/α-hetero) is 2. The Kier molecular flexibility index (Phi) is 5.74. The number of benzene rings is 1. The van der Waals surface area contributed by atoms with E-state index in [-0.39, 0.29) is 56.7 Å². The van der Waals surface area contributed by atoms with Crippen molar-refractivity contribution in [3.8, 4) is 11.5 Å². The normalized spacial score (nSPS) is 14.2. The molecule has 0 radical (unpaired) electrons. The van der Waals surface area contributed by atoms with E-state index in [1.165, 1.54) is 14.2 Å². The third kappa shape index (κ3) is 3.10. The number of ketones is 2. The highest BCUT2D eigenvalue weighted by Crippen LogP contribution is 2.41. The van der Waals surface area contributed by atoms with Crippen LogP contribution in [0.1, 0.15) is 20.7 Å². The lowest BCUT2D eigenvalue weighted by Gasteiger charge is -2.21. The molecule has 0 atom stereocenters. The van der Waals surface area contributed by atoms with Crippen LogP contribution in [0.15, 0.2) is 21.1 Å². The fourth-order valence-corrected chi connectivity index (χ4v) is 2.68. The van der Waals surface area contributed by atoms with Crippen LogP contribution in [0.4, 0.5) is 0 Å². The van der Waals surface area contributed by atoms with Crippen molar-refractivity contribution >= 4 is 43.4 Å². The smallest absolute Gasteiger partial charge is 0.205 e. The average Bonchev–Trinajstić information content (AvgIpc) is 2.53. The van der Waals surface area contributed by atoms with Crippen molar-refractivity contribution in [2.24, 2.45) is 0 Å². The van der Waals surface area contributed by atoms with Crippen LogP contribution in [-0.2, 0) is 9.47 Å². The van der Waals surface area contributed by atoms with E-state index in [0.29, 0.717) is 0 Å². The number of methoxy groups -OCH3 is 2. The Labute approximate surface area is 143 Å². The summed E-state index contributed by atoms with van der Waals surface area (Å²) in [6.45, 7) is -0.0939. The molecule has 0 fully saturated rings. The molecule has 0 heterocycles. The second-order valence-electron chi connectivity index (χ2n) is 4.20. The van der Waals surface area contributed by atoms with E-state index in [1.807, 2.05) is 0 Å². The number of allylic oxidation sites excluding steroid dienone is 2. The molecule has 0 aliphatic heterocycles. The van der Waals surface area contributed by atoms with Gasteiger partial charge in [0.25, 0.3) is 0 Å². The van der Waals surface area contributed by atoms with E-state index in [1.54, 1.807) is 12.1 Å². The molecule has 0 unspecified atom stereocenters. The van der Waals surface area contributed by atoms with Gasteiger partial charge >= 0.3 is 0 Å². The van der Waals surface area contributed by atoms with Gasteiger partial charge in [-0.2, -0.15) is 0 Å². The topological polar surface area (TPSA) is 71.1 Å². The molecule has 0 aromatic heterocycles. The van der Waals surface area contributed by atoms with E-state index in [0.717, 1.165) is 0 Å². The Morgan fingerprint density at radius 1 is 0.818 bits per heavy atom. The van der Waals surface area contributed by atoms with Crippen molar-refractivity contribution in [1.82, 2.24) is 0 Å². The van der Waals surface area contributed by atoms with Crippen LogP contribution in [0.3, 0.4) is 0 Å². The van der Waals surface area contributed by atoms with Gasteiger partial charge in [-0.1, -0.05) is 0 Å². The molecule has 1 aliphatic rings. The lowest BCUT2D eigenvalue weighted by Crippen LogP contribution is -2.20. The van der Waals surface area contributed by atoms with Gasteiger partial charge in [0.2, 0.25) is 11.6 Å². The Morgan fingerprint density at radius 3 is 1.50 bits per heavy atom. The largest absolute Gasteiger partial charge is 0.467 e. The van der Waals surface area contributed by atoms with Crippen LogP contribution < -0.4 is 9.47 Å². The third-order valence-electron chi connectivity index (χ3n) is 2.84. The first-order valence-corrected chi connectivity index (χ1v) is 7.66. The highest BCUT2D eigenvalue weighted by molar-refractivity contribution is 9.14. The number of rotatable bonds is 6. The maximum Gasteiger partial charge on any atom is 0.205 e. The minimum atomic E-state index is -0.379. The lowest BCUT2D eigenvalue weighted by atomic mass is 9.93. The zero-order valence-corrected chi connectivity index (χ0v) is 14.9. The first-order chi connectivity index (χ1) is 10.5. The molecule has 6 nitrogen and oxygen atoms in total. The fourth-order valence-electron chi connectivity index (χ4n) is 1.92. The molecule has 22 heavy (non-hydrogen) atoms. The second kappa shape index (κ2) is 7.36. The van der Waals surface area contributed by atoms with Gasteiger partial charge in [0, 0.05) is 14.2 Å². The van der Waals surface area contributed by atoms with E-state index in [2.05, 4.69) is 31.9 Å². The standard InChI is InChI=1S/C14H12Br2O6/c1-19-5-21-7-3-4-8(22-6-20-2)10-9(7)13(17)11(15)12(16)14(10)18/h3-4H,5-6H2,1-2H3. The molecule has 1 aromatic carbocycles. The summed E-state index contributed by atoms with van der Waals surface area (Å²) in [5.41, 5.74) is 0.261. The summed E-state index contributed by atoms with van der Waals surface area (Å²) >= 11 is 6.24. The second-order valence-corrected chi connectivity index (χ2v) is 5.79. The molecule has 0 spiro atoms. The third-order valence-corrected chi connectivity index (χ3v) is 4.88. The first-order valence-electron chi connectivity index (χ1n) is 6.08. The lowest BCUT2D eigenvalue weighted by molar-refractivity contribution is 0.0469. The van der Waals surface area contributed by atoms with Crippen LogP contribution in [0.25, 0.3) is 0 Å². The number of fused-ring (bicyclic) bond motifs is 1. The van der Waals surface area contributed by atoms with Crippen LogP contribution >= 0.6 is 31.9 Å². The Morgan fingerprint density at radius 2 is 1.18 bits per heavy atom. The predicted molar refractivity (Wildman–Crippen MR) is 85.0 cm³/mol. The van der Waals surface area contributed by atoms with Crippen molar-refractivity contribution in [2.45, 2.75) is 0 Å². The summed E-state index contributed by atoms with van der Waals surface area (Å²) in [6, 6.07) is 3.10. The highest BCUT2D eigenvalue weighted by Gasteiger charge is 2.35. The zero-order valence-electron chi connectivity index (χ0n) is 11.8. The van der Waals surface area contributed by atoms with Gasteiger partial charge in [0.1, 0.15) is 11.5 Å². The molecule has 1 aliphatic carbocycles. The number of hydrogen-bond donors (Lipinski definition) is 0. The number of ether oxygens (including phenoxy) is 4. The van der Waals surface area contributed by atoms with Crippen LogP contribution in [-0.4, -0.2) is 39.4 Å². The van der Waals surface area contributed by atoms with Crippen LogP contribution in [0, 0.1) is 0 Å². The number of halogens is 2. The summed E-state index contributed by atoms with van der Waals surface area (Å²) < 4.78 is 20.7. The maximum atomic E-state index is 12.5. The highest BCUT2D eigenvalue weighted by atomic mass is 79.9.